The van der Waals surface area contributed by atoms with Gasteiger partial charge in [-0.25, -0.2) is 13.6 Å². The summed E-state index contributed by atoms with van der Waals surface area (Å²) in [6, 6.07) is 9.86. The molecule has 0 aliphatic heterocycles. The second-order valence-corrected chi connectivity index (χ2v) is 5.40. The van der Waals surface area contributed by atoms with E-state index in [0.717, 1.165) is 23.3 Å². The lowest BCUT2D eigenvalue weighted by Gasteiger charge is -2.14. The third kappa shape index (κ3) is 4.62. The zero-order valence-corrected chi connectivity index (χ0v) is 13.3. The Morgan fingerprint density at radius 1 is 1.12 bits per heavy atom. The number of hydrogen-bond acceptors (Lipinski definition) is 3. The fraction of sp³-hybridized carbons (Fsp3) is 0.222. The maximum Gasteiger partial charge on any atom is 0.341 e. The molecule has 0 radical (unpaired) electrons. The topological polar surface area (TPSA) is 55.4 Å². The molecule has 0 bridgehead atoms. The minimum atomic E-state index is -1.03. The van der Waals surface area contributed by atoms with Crippen molar-refractivity contribution < 1.29 is 23.1 Å². The first-order valence-corrected chi connectivity index (χ1v) is 7.35. The Bertz CT molecular complexity index is 744. The molecular formula is C18H17F2NO3. The minimum absolute atomic E-state index is 0.264. The largest absolute Gasteiger partial charge is 0.452 e. The van der Waals surface area contributed by atoms with Crippen molar-refractivity contribution in [3.8, 4) is 0 Å². The van der Waals surface area contributed by atoms with Gasteiger partial charge in [-0.2, -0.15) is 0 Å². The van der Waals surface area contributed by atoms with E-state index in [2.05, 4.69) is 5.32 Å². The van der Waals surface area contributed by atoms with Gasteiger partial charge < -0.3 is 10.1 Å². The molecule has 0 aliphatic carbocycles. The maximum atomic E-state index is 13.4. The van der Waals surface area contributed by atoms with Crippen LogP contribution in [-0.2, 0) is 9.53 Å². The summed E-state index contributed by atoms with van der Waals surface area (Å²) < 4.78 is 31.0. The normalized spacial score (nSPS) is 11.7. The Labute approximate surface area is 138 Å². The molecule has 0 aromatic heterocycles. The van der Waals surface area contributed by atoms with Gasteiger partial charge in [0.2, 0.25) is 0 Å². The van der Waals surface area contributed by atoms with Gasteiger partial charge in [0.15, 0.2) is 6.61 Å². The minimum Gasteiger partial charge on any atom is -0.452 e. The first kappa shape index (κ1) is 17.6. The molecule has 24 heavy (non-hydrogen) atoms. The van der Waals surface area contributed by atoms with E-state index in [9.17, 15) is 18.4 Å². The van der Waals surface area contributed by atoms with Crippen LogP contribution in [0.5, 0.6) is 0 Å². The molecule has 0 aliphatic rings. The molecule has 0 spiro atoms. The summed E-state index contributed by atoms with van der Waals surface area (Å²) in [5, 5.41) is 2.68. The van der Waals surface area contributed by atoms with Gasteiger partial charge in [0.1, 0.15) is 11.6 Å². The number of hydrogen-bond donors (Lipinski definition) is 1. The monoisotopic (exact) mass is 333 g/mol. The van der Waals surface area contributed by atoms with Gasteiger partial charge >= 0.3 is 5.97 Å². The lowest BCUT2D eigenvalue weighted by atomic mass is 10.1. The SMILES string of the molecule is Cc1ccc([C@@H](C)NC(=O)COC(=O)c2ccc(F)cc2F)cc1. The number of esters is 1. The quantitative estimate of drug-likeness (QED) is 0.854. The van der Waals surface area contributed by atoms with Crippen LogP contribution in [0.3, 0.4) is 0 Å². The molecule has 2 aromatic rings. The maximum absolute atomic E-state index is 13.4. The van der Waals surface area contributed by atoms with Crippen molar-refractivity contribution in [1.29, 1.82) is 0 Å². The molecule has 1 atom stereocenters. The number of nitrogens with one attached hydrogen (secondary N) is 1. The number of rotatable bonds is 5. The van der Waals surface area contributed by atoms with Gasteiger partial charge in [-0.15, -0.1) is 0 Å². The molecule has 0 fully saturated rings. The van der Waals surface area contributed by atoms with Crippen molar-refractivity contribution in [2.24, 2.45) is 0 Å². The van der Waals surface area contributed by atoms with E-state index in [0.29, 0.717) is 6.07 Å². The predicted molar refractivity (Wildman–Crippen MR) is 84.4 cm³/mol. The van der Waals surface area contributed by atoms with E-state index >= 15 is 0 Å². The molecule has 126 valence electrons. The molecule has 1 amide bonds. The summed E-state index contributed by atoms with van der Waals surface area (Å²) in [6.07, 6.45) is 0. The van der Waals surface area contributed by atoms with Crippen LogP contribution in [0.15, 0.2) is 42.5 Å². The Hall–Kier alpha value is -2.76. The van der Waals surface area contributed by atoms with E-state index < -0.39 is 35.7 Å². The van der Waals surface area contributed by atoms with Crippen molar-refractivity contribution in [2.75, 3.05) is 6.61 Å². The second-order valence-electron chi connectivity index (χ2n) is 5.40. The van der Waals surface area contributed by atoms with E-state index in [-0.39, 0.29) is 6.04 Å². The van der Waals surface area contributed by atoms with Gasteiger partial charge in [-0.3, -0.25) is 4.79 Å². The zero-order chi connectivity index (χ0) is 17.7. The van der Waals surface area contributed by atoms with Gasteiger partial charge in [0.25, 0.3) is 5.91 Å². The number of carbonyl (C=O) groups is 2. The summed E-state index contributed by atoms with van der Waals surface area (Å²) in [7, 11) is 0. The third-order valence-electron chi connectivity index (χ3n) is 3.44. The predicted octanol–water partition coefficient (Wildman–Crippen LogP) is 3.31. The average molecular weight is 333 g/mol. The van der Waals surface area contributed by atoms with Crippen LogP contribution in [0, 0.1) is 18.6 Å². The Morgan fingerprint density at radius 3 is 2.42 bits per heavy atom. The van der Waals surface area contributed by atoms with Gasteiger partial charge in [-0.05, 0) is 31.5 Å². The van der Waals surface area contributed by atoms with Crippen molar-refractivity contribution >= 4 is 11.9 Å². The Kier molecular flexibility index (Phi) is 5.63. The molecule has 2 rings (SSSR count). The second kappa shape index (κ2) is 7.68. The third-order valence-corrected chi connectivity index (χ3v) is 3.44. The molecule has 6 heteroatoms. The molecule has 1 N–H and O–H groups in total. The van der Waals surface area contributed by atoms with Crippen molar-refractivity contribution in [3.05, 3.63) is 70.8 Å². The van der Waals surface area contributed by atoms with Crippen molar-refractivity contribution in [3.63, 3.8) is 0 Å². The van der Waals surface area contributed by atoms with Crippen LogP contribution >= 0.6 is 0 Å². The molecule has 0 saturated heterocycles. The van der Waals surface area contributed by atoms with Crippen molar-refractivity contribution in [2.45, 2.75) is 19.9 Å². The standard InChI is InChI=1S/C18H17F2NO3/c1-11-3-5-13(6-4-11)12(2)21-17(22)10-24-18(23)15-8-7-14(19)9-16(15)20/h3-9,12H,10H2,1-2H3,(H,21,22)/t12-/m1/s1. The number of carbonyl (C=O) groups excluding carboxylic acids is 2. The smallest absolute Gasteiger partial charge is 0.341 e. The highest BCUT2D eigenvalue weighted by Gasteiger charge is 2.16. The summed E-state index contributed by atoms with van der Waals surface area (Å²) in [4.78, 5) is 23.5. The van der Waals surface area contributed by atoms with E-state index in [1.54, 1.807) is 6.92 Å². The fourth-order valence-electron chi connectivity index (χ4n) is 2.09. The first-order chi connectivity index (χ1) is 11.4. The lowest BCUT2D eigenvalue weighted by molar-refractivity contribution is -0.124. The van der Waals surface area contributed by atoms with Gasteiger partial charge in [-0.1, -0.05) is 29.8 Å². The average Bonchev–Trinajstić information content (AvgIpc) is 2.53. The summed E-state index contributed by atoms with van der Waals surface area (Å²) in [5.74, 6) is -3.37. The Morgan fingerprint density at radius 2 is 1.79 bits per heavy atom. The highest BCUT2D eigenvalue weighted by atomic mass is 19.1. The van der Waals surface area contributed by atoms with Crippen LogP contribution in [0.4, 0.5) is 8.78 Å². The molecule has 2 aromatic carbocycles. The number of ether oxygens (including phenoxy) is 1. The number of aryl methyl sites for hydroxylation is 1. The van der Waals surface area contributed by atoms with Gasteiger partial charge in [0, 0.05) is 6.07 Å². The van der Waals surface area contributed by atoms with E-state index in [4.69, 9.17) is 4.74 Å². The molecular weight excluding hydrogens is 316 g/mol. The number of benzene rings is 2. The first-order valence-electron chi connectivity index (χ1n) is 7.35. The highest BCUT2D eigenvalue weighted by Crippen LogP contribution is 2.13. The number of halogens is 2. The van der Waals surface area contributed by atoms with Crippen LogP contribution < -0.4 is 5.32 Å². The summed E-state index contributed by atoms with van der Waals surface area (Å²) >= 11 is 0. The van der Waals surface area contributed by atoms with Gasteiger partial charge in [0.05, 0.1) is 11.6 Å². The molecule has 0 heterocycles. The van der Waals surface area contributed by atoms with Crippen LogP contribution in [0.2, 0.25) is 0 Å². The van der Waals surface area contributed by atoms with Crippen LogP contribution in [-0.4, -0.2) is 18.5 Å². The Balaban J connectivity index is 1.88. The highest BCUT2D eigenvalue weighted by molar-refractivity contribution is 5.91. The van der Waals surface area contributed by atoms with E-state index in [1.165, 1.54) is 0 Å². The van der Waals surface area contributed by atoms with Crippen LogP contribution in [0.1, 0.15) is 34.5 Å². The van der Waals surface area contributed by atoms with E-state index in [1.807, 2.05) is 31.2 Å². The lowest BCUT2D eigenvalue weighted by Crippen LogP contribution is -2.31. The van der Waals surface area contributed by atoms with Crippen molar-refractivity contribution in [1.82, 2.24) is 5.32 Å². The summed E-state index contributed by atoms with van der Waals surface area (Å²) in [5.41, 5.74) is 1.59. The van der Waals surface area contributed by atoms with Crippen LogP contribution in [0.25, 0.3) is 0 Å². The molecule has 4 nitrogen and oxygen atoms in total. The zero-order valence-electron chi connectivity index (χ0n) is 13.3. The number of amides is 1. The summed E-state index contributed by atoms with van der Waals surface area (Å²) in [6.45, 7) is 3.21. The molecule has 0 saturated carbocycles. The molecule has 0 unspecified atom stereocenters. The fourth-order valence-corrected chi connectivity index (χ4v) is 2.09.